The lowest BCUT2D eigenvalue weighted by Gasteiger charge is -2.42. The van der Waals surface area contributed by atoms with Crippen LogP contribution >= 0.6 is 0 Å². The van der Waals surface area contributed by atoms with Crippen molar-refractivity contribution in [2.75, 3.05) is 0 Å². The number of esters is 2. The van der Waals surface area contributed by atoms with Gasteiger partial charge in [0.15, 0.2) is 5.60 Å². The van der Waals surface area contributed by atoms with Gasteiger partial charge in [0.2, 0.25) is 0 Å². The maximum absolute atomic E-state index is 11.8. The second-order valence-electron chi connectivity index (χ2n) is 5.48. The molecule has 0 amide bonds. The van der Waals surface area contributed by atoms with E-state index in [4.69, 9.17) is 9.47 Å². The summed E-state index contributed by atoms with van der Waals surface area (Å²) in [6, 6.07) is 0. The molecule has 0 bridgehead atoms. The molecule has 0 spiro atoms. The molecular formula is C14H22O4. The topological polar surface area (TPSA) is 52.6 Å². The highest BCUT2D eigenvalue weighted by Gasteiger charge is 2.52. The van der Waals surface area contributed by atoms with E-state index in [1.807, 2.05) is 0 Å². The van der Waals surface area contributed by atoms with Crippen LogP contribution in [0.3, 0.4) is 0 Å². The van der Waals surface area contributed by atoms with E-state index in [0.29, 0.717) is 18.4 Å². The van der Waals surface area contributed by atoms with Crippen LogP contribution in [0, 0.1) is 0 Å². The summed E-state index contributed by atoms with van der Waals surface area (Å²) in [6.45, 7) is 10.2. The molecule has 1 aliphatic carbocycles. The van der Waals surface area contributed by atoms with Crippen LogP contribution in [0.25, 0.3) is 0 Å². The first-order chi connectivity index (χ1) is 8.20. The highest BCUT2D eigenvalue weighted by molar-refractivity contribution is 5.87. The predicted octanol–water partition coefficient (Wildman–Crippen LogP) is 2.76. The van der Waals surface area contributed by atoms with Crippen LogP contribution in [0.4, 0.5) is 0 Å². The first-order valence-electron chi connectivity index (χ1n) is 6.29. The van der Waals surface area contributed by atoms with Gasteiger partial charge < -0.3 is 9.47 Å². The van der Waals surface area contributed by atoms with Gasteiger partial charge in [0, 0.05) is 12.5 Å². The standard InChI is InChI=1S/C14H22O4/c1-10(2)12(16)18-14(8-6-7-9-14)13(4,5)17-11(3)15/h1,6-9H2,2-5H3. The van der Waals surface area contributed by atoms with Crippen molar-refractivity contribution in [2.24, 2.45) is 0 Å². The Morgan fingerprint density at radius 2 is 1.67 bits per heavy atom. The molecule has 0 radical (unpaired) electrons. The molecule has 102 valence electrons. The molecule has 0 heterocycles. The number of carbonyl (C=O) groups excluding carboxylic acids is 2. The Morgan fingerprint density at radius 3 is 2.06 bits per heavy atom. The van der Waals surface area contributed by atoms with Crippen LogP contribution in [0.15, 0.2) is 12.2 Å². The van der Waals surface area contributed by atoms with E-state index < -0.39 is 17.2 Å². The van der Waals surface area contributed by atoms with E-state index in [2.05, 4.69) is 6.58 Å². The van der Waals surface area contributed by atoms with Gasteiger partial charge in [-0.1, -0.05) is 6.58 Å². The summed E-state index contributed by atoms with van der Waals surface area (Å²) < 4.78 is 11.0. The van der Waals surface area contributed by atoms with E-state index in [9.17, 15) is 9.59 Å². The first-order valence-corrected chi connectivity index (χ1v) is 6.29. The fourth-order valence-electron chi connectivity index (χ4n) is 2.49. The number of hydrogen-bond donors (Lipinski definition) is 0. The Balaban J connectivity index is 2.96. The summed E-state index contributed by atoms with van der Waals surface area (Å²) >= 11 is 0. The summed E-state index contributed by atoms with van der Waals surface area (Å²) in [5.74, 6) is -0.783. The molecule has 0 N–H and O–H groups in total. The molecule has 0 aliphatic heterocycles. The van der Waals surface area contributed by atoms with Gasteiger partial charge in [0.25, 0.3) is 0 Å². The molecular weight excluding hydrogens is 232 g/mol. The average Bonchev–Trinajstić information content (AvgIpc) is 2.65. The van der Waals surface area contributed by atoms with E-state index in [1.165, 1.54) is 6.92 Å². The van der Waals surface area contributed by atoms with E-state index in [0.717, 1.165) is 12.8 Å². The fraction of sp³-hybridized carbons (Fsp3) is 0.714. The monoisotopic (exact) mass is 254 g/mol. The van der Waals surface area contributed by atoms with Gasteiger partial charge >= 0.3 is 11.9 Å². The van der Waals surface area contributed by atoms with Gasteiger partial charge in [-0.2, -0.15) is 0 Å². The van der Waals surface area contributed by atoms with Crippen LogP contribution in [0.1, 0.15) is 53.4 Å². The fourth-order valence-corrected chi connectivity index (χ4v) is 2.49. The Hall–Kier alpha value is -1.32. The largest absolute Gasteiger partial charge is 0.456 e. The lowest BCUT2D eigenvalue weighted by atomic mass is 9.83. The number of rotatable bonds is 4. The van der Waals surface area contributed by atoms with Crippen LogP contribution in [0.2, 0.25) is 0 Å². The lowest BCUT2D eigenvalue weighted by molar-refractivity contribution is -0.201. The minimum absolute atomic E-state index is 0.361. The van der Waals surface area contributed by atoms with E-state index >= 15 is 0 Å². The van der Waals surface area contributed by atoms with Crippen LogP contribution in [-0.4, -0.2) is 23.1 Å². The second-order valence-corrected chi connectivity index (χ2v) is 5.48. The van der Waals surface area contributed by atoms with Crippen LogP contribution in [0.5, 0.6) is 0 Å². The molecule has 1 aliphatic rings. The maximum Gasteiger partial charge on any atom is 0.333 e. The van der Waals surface area contributed by atoms with Gasteiger partial charge in [-0.05, 0) is 46.5 Å². The Morgan fingerprint density at radius 1 is 1.17 bits per heavy atom. The molecule has 1 saturated carbocycles. The molecule has 0 aromatic carbocycles. The molecule has 0 aromatic heterocycles. The number of carbonyl (C=O) groups is 2. The normalized spacial score (nSPS) is 18.2. The van der Waals surface area contributed by atoms with Crippen molar-refractivity contribution in [3.05, 3.63) is 12.2 Å². The number of ether oxygens (including phenoxy) is 2. The van der Waals surface area contributed by atoms with Crippen molar-refractivity contribution in [3.8, 4) is 0 Å². The summed E-state index contributed by atoms with van der Waals surface area (Å²) in [6.07, 6.45) is 3.36. The summed E-state index contributed by atoms with van der Waals surface area (Å²) in [4.78, 5) is 23.0. The maximum atomic E-state index is 11.8. The zero-order valence-electron chi connectivity index (χ0n) is 11.7. The Bertz CT molecular complexity index is 362. The summed E-state index contributed by atoms with van der Waals surface area (Å²) in [5.41, 5.74) is -1.19. The Labute approximate surface area is 108 Å². The second kappa shape index (κ2) is 5.12. The van der Waals surface area contributed by atoms with Crippen molar-refractivity contribution < 1.29 is 19.1 Å². The number of hydrogen-bond acceptors (Lipinski definition) is 4. The van der Waals surface area contributed by atoms with Crippen molar-refractivity contribution in [1.82, 2.24) is 0 Å². The molecule has 1 rings (SSSR count). The molecule has 1 fully saturated rings. The molecule has 18 heavy (non-hydrogen) atoms. The molecule has 0 atom stereocenters. The quantitative estimate of drug-likeness (QED) is 0.572. The summed E-state index contributed by atoms with van der Waals surface area (Å²) in [5, 5.41) is 0. The van der Waals surface area contributed by atoms with E-state index in [-0.39, 0.29) is 5.97 Å². The first kappa shape index (κ1) is 14.7. The van der Waals surface area contributed by atoms with Gasteiger partial charge in [0.1, 0.15) is 5.60 Å². The SMILES string of the molecule is C=C(C)C(=O)OC1(C(C)(C)OC(C)=O)CCCC1. The van der Waals surface area contributed by atoms with Crippen molar-refractivity contribution in [3.63, 3.8) is 0 Å². The lowest BCUT2D eigenvalue weighted by Crippen LogP contribution is -2.53. The van der Waals surface area contributed by atoms with Crippen molar-refractivity contribution in [2.45, 2.75) is 64.6 Å². The molecule has 0 unspecified atom stereocenters. The van der Waals surface area contributed by atoms with Crippen molar-refractivity contribution >= 4 is 11.9 Å². The van der Waals surface area contributed by atoms with Gasteiger partial charge in [0.05, 0.1) is 0 Å². The van der Waals surface area contributed by atoms with Crippen molar-refractivity contribution in [1.29, 1.82) is 0 Å². The molecule has 0 aromatic rings. The van der Waals surface area contributed by atoms with Crippen LogP contribution < -0.4 is 0 Å². The molecule has 4 heteroatoms. The third-order valence-electron chi connectivity index (χ3n) is 3.54. The highest BCUT2D eigenvalue weighted by Crippen LogP contribution is 2.44. The third kappa shape index (κ3) is 2.92. The predicted molar refractivity (Wildman–Crippen MR) is 68.0 cm³/mol. The highest BCUT2D eigenvalue weighted by atomic mass is 16.6. The molecule has 4 nitrogen and oxygen atoms in total. The van der Waals surface area contributed by atoms with Gasteiger partial charge in [-0.25, -0.2) is 4.79 Å². The van der Waals surface area contributed by atoms with Gasteiger partial charge in [-0.15, -0.1) is 0 Å². The molecule has 0 saturated heterocycles. The van der Waals surface area contributed by atoms with Gasteiger partial charge in [-0.3, -0.25) is 4.79 Å². The smallest absolute Gasteiger partial charge is 0.333 e. The average molecular weight is 254 g/mol. The minimum atomic E-state index is -0.819. The van der Waals surface area contributed by atoms with Crippen LogP contribution in [-0.2, 0) is 19.1 Å². The third-order valence-corrected chi connectivity index (χ3v) is 3.54. The Kier molecular flexibility index (Phi) is 4.20. The summed E-state index contributed by atoms with van der Waals surface area (Å²) in [7, 11) is 0. The minimum Gasteiger partial charge on any atom is -0.456 e. The zero-order chi connectivity index (χ0) is 14.0. The zero-order valence-corrected chi connectivity index (χ0v) is 11.7. The van der Waals surface area contributed by atoms with E-state index in [1.54, 1.807) is 20.8 Å².